The highest BCUT2D eigenvalue weighted by molar-refractivity contribution is 7.89. The molecule has 0 unspecified atom stereocenters. The van der Waals surface area contributed by atoms with Crippen molar-refractivity contribution in [2.45, 2.75) is 11.8 Å². The van der Waals surface area contributed by atoms with Crippen LogP contribution < -0.4 is 10.1 Å². The first-order valence-corrected chi connectivity index (χ1v) is 10.4. The molecule has 0 aliphatic rings. The molecule has 2 rings (SSSR count). The van der Waals surface area contributed by atoms with Gasteiger partial charge in [0, 0.05) is 26.2 Å². The maximum Gasteiger partial charge on any atom is 0.254 e. The summed E-state index contributed by atoms with van der Waals surface area (Å²) < 4.78 is 30.9. The molecule has 2 amide bonds. The molecule has 0 saturated heterocycles. The van der Waals surface area contributed by atoms with E-state index in [1.165, 1.54) is 50.4 Å². The van der Waals surface area contributed by atoms with E-state index in [1.807, 2.05) is 0 Å². The fourth-order valence-electron chi connectivity index (χ4n) is 2.62. The first kappa shape index (κ1) is 22.4. The van der Waals surface area contributed by atoms with E-state index in [9.17, 15) is 18.0 Å². The van der Waals surface area contributed by atoms with E-state index in [2.05, 4.69) is 5.32 Å². The van der Waals surface area contributed by atoms with Crippen molar-refractivity contribution in [3.63, 3.8) is 0 Å². The zero-order valence-electron chi connectivity index (χ0n) is 16.9. The Balaban J connectivity index is 2.18. The Labute approximate surface area is 171 Å². The average molecular weight is 420 g/mol. The quantitative estimate of drug-likeness (QED) is 0.706. The molecule has 0 aromatic heterocycles. The van der Waals surface area contributed by atoms with E-state index < -0.39 is 15.9 Å². The van der Waals surface area contributed by atoms with Gasteiger partial charge >= 0.3 is 0 Å². The Bertz CT molecular complexity index is 989. The second-order valence-corrected chi connectivity index (χ2v) is 8.53. The number of carbonyl (C=O) groups excluding carboxylic acids is 2. The summed E-state index contributed by atoms with van der Waals surface area (Å²) in [6.07, 6.45) is 0. The van der Waals surface area contributed by atoms with Crippen molar-refractivity contribution in [3.05, 3.63) is 54.1 Å². The summed E-state index contributed by atoms with van der Waals surface area (Å²) in [6.45, 7) is 1.84. The summed E-state index contributed by atoms with van der Waals surface area (Å²) in [5.74, 6) is -0.308. The van der Waals surface area contributed by atoms with E-state index >= 15 is 0 Å². The highest BCUT2D eigenvalue weighted by Gasteiger charge is 2.22. The van der Waals surface area contributed by atoms with Gasteiger partial charge in [0.1, 0.15) is 12.3 Å². The molecule has 9 heteroatoms. The van der Waals surface area contributed by atoms with Crippen LogP contribution in [0.3, 0.4) is 0 Å². The second-order valence-electron chi connectivity index (χ2n) is 6.38. The Morgan fingerprint density at radius 3 is 2.38 bits per heavy atom. The maximum absolute atomic E-state index is 12.8. The first-order valence-electron chi connectivity index (χ1n) is 8.95. The molecule has 0 saturated carbocycles. The summed E-state index contributed by atoms with van der Waals surface area (Å²) in [7, 11) is 0.676. The zero-order valence-corrected chi connectivity index (χ0v) is 17.7. The van der Waals surface area contributed by atoms with Crippen LogP contribution in [0.1, 0.15) is 17.3 Å². The predicted molar refractivity (Wildman–Crippen MR) is 111 cm³/mol. The lowest BCUT2D eigenvalue weighted by molar-refractivity contribution is -0.116. The van der Waals surface area contributed by atoms with Gasteiger partial charge in [-0.3, -0.25) is 9.59 Å². The van der Waals surface area contributed by atoms with Crippen LogP contribution in [0.2, 0.25) is 0 Å². The molecule has 0 radical (unpaired) electrons. The summed E-state index contributed by atoms with van der Waals surface area (Å²) in [6, 6.07) is 12.7. The number of ether oxygens (including phenoxy) is 1. The maximum atomic E-state index is 12.8. The van der Waals surface area contributed by atoms with Crippen LogP contribution >= 0.6 is 0 Å². The standard InChI is InChI=1S/C20H25N3O5S/c1-5-23(14-19(24)21-17-11-6-7-12-18(17)28-4)20(25)15-9-8-10-16(13-15)29(26,27)22(2)3/h6-13H,5,14H2,1-4H3,(H,21,24). The molecule has 29 heavy (non-hydrogen) atoms. The van der Waals surface area contributed by atoms with Gasteiger partial charge in [0.15, 0.2) is 0 Å². The number of nitrogens with one attached hydrogen (secondary N) is 1. The van der Waals surface area contributed by atoms with Crippen LogP contribution in [-0.4, -0.2) is 63.7 Å². The lowest BCUT2D eigenvalue weighted by Crippen LogP contribution is -2.38. The van der Waals surface area contributed by atoms with Crippen LogP contribution in [0, 0.1) is 0 Å². The van der Waals surface area contributed by atoms with E-state index in [0.29, 0.717) is 11.4 Å². The van der Waals surface area contributed by atoms with Crippen LogP contribution in [0.4, 0.5) is 5.69 Å². The molecule has 1 N–H and O–H groups in total. The van der Waals surface area contributed by atoms with Crippen molar-refractivity contribution < 1.29 is 22.7 Å². The van der Waals surface area contributed by atoms with Crippen LogP contribution in [-0.2, 0) is 14.8 Å². The second kappa shape index (κ2) is 9.53. The van der Waals surface area contributed by atoms with Crippen molar-refractivity contribution in [2.75, 3.05) is 39.6 Å². The molecule has 0 heterocycles. The van der Waals surface area contributed by atoms with Gasteiger partial charge in [0.25, 0.3) is 5.91 Å². The number of carbonyl (C=O) groups is 2. The highest BCUT2D eigenvalue weighted by atomic mass is 32.2. The highest BCUT2D eigenvalue weighted by Crippen LogP contribution is 2.23. The van der Waals surface area contributed by atoms with Gasteiger partial charge in [-0.05, 0) is 37.3 Å². The number of anilines is 1. The molecule has 0 atom stereocenters. The van der Waals surface area contributed by atoms with Crippen molar-refractivity contribution in [3.8, 4) is 5.75 Å². The van der Waals surface area contributed by atoms with Crippen LogP contribution in [0.5, 0.6) is 5.75 Å². The number of sulfonamides is 1. The molecule has 0 spiro atoms. The number of rotatable bonds is 8. The van der Waals surface area contributed by atoms with Crippen molar-refractivity contribution in [2.24, 2.45) is 0 Å². The smallest absolute Gasteiger partial charge is 0.254 e. The van der Waals surface area contributed by atoms with Gasteiger partial charge in [-0.25, -0.2) is 12.7 Å². The minimum Gasteiger partial charge on any atom is -0.495 e. The van der Waals surface area contributed by atoms with Crippen LogP contribution in [0.15, 0.2) is 53.4 Å². The fourth-order valence-corrected chi connectivity index (χ4v) is 3.57. The summed E-state index contributed by atoms with van der Waals surface area (Å²) in [5.41, 5.74) is 0.697. The molecule has 8 nitrogen and oxygen atoms in total. The topological polar surface area (TPSA) is 96.0 Å². The normalized spacial score (nSPS) is 11.2. The summed E-state index contributed by atoms with van der Waals surface area (Å²) >= 11 is 0. The molecular formula is C20H25N3O5S. The molecule has 0 bridgehead atoms. The van der Waals surface area contributed by atoms with Gasteiger partial charge in [-0.15, -0.1) is 0 Å². The monoisotopic (exact) mass is 419 g/mol. The molecule has 0 aliphatic carbocycles. The molecular weight excluding hydrogens is 394 g/mol. The Kier molecular flexibility index (Phi) is 7.35. The average Bonchev–Trinajstić information content (AvgIpc) is 2.71. The molecule has 156 valence electrons. The van der Waals surface area contributed by atoms with E-state index in [-0.39, 0.29) is 29.5 Å². The number of likely N-dealkylation sites (N-methyl/N-ethyl adjacent to an activating group) is 1. The van der Waals surface area contributed by atoms with Gasteiger partial charge in [-0.1, -0.05) is 18.2 Å². The third kappa shape index (κ3) is 5.33. The lowest BCUT2D eigenvalue weighted by Gasteiger charge is -2.21. The number of hydrogen-bond donors (Lipinski definition) is 1. The van der Waals surface area contributed by atoms with Gasteiger partial charge < -0.3 is 15.0 Å². The fraction of sp³-hybridized carbons (Fsp3) is 0.300. The van der Waals surface area contributed by atoms with Gasteiger partial charge in [0.2, 0.25) is 15.9 Å². The molecule has 0 fully saturated rings. The third-order valence-corrected chi connectivity index (χ3v) is 6.06. The van der Waals surface area contributed by atoms with E-state index in [1.54, 1.807) is 31.2 Å². The van der Waals surface area contributed by atoms with E-state index in [4.69, 9.17) is 4.74 Å². The zero-order chi connectivity index (χ0) is 21.6. The summed E-state index contributed by atoms with van der Waals surface area (Å²) in [5, 5.41) is 2.72. The Morgan fingerprint density at radius 2 is 1.76 bits per heavy atom. The first-order chi connectivity index (χ1) is 13.7. The third-order valence-electron chi connectivity index (χ3n) is 4.24. The van der Waals surface area contributed by atoms with Gasteiger partial charge in [-0.2, -0.15) is 0 Å². The predicted octanol–water partition coefficient (Wildman–Crippen LogP) is 2.05. The van der Waals surface area contributed by atoms with E-state index in [0.717, 1.165) is 4.31 Å². The lowest BCUT2D eigenvalue weighted by atomic mass is 10.2. The largest absolute Gasteiger partial charge is 0.495 e. The molecule has 2 aromatic rings. The number of hydrogen-bond acceptors (Lipinski definition) is 5. The minimum atomic E-state index is -3.67. The van der Waals surface area contributed by atoms with Crippen molar-refractivity contribution in [1.82, 2.24) is 9.21 Å². The minimum absolute atomic E-state index is 0.0166. The van der Waals surface area contributed by atoms with Gasteiger partial charge in [0.05, 0.1) is 17.7 Å². The number of methoxy groups -OCH3 is 1. The Morgan fingerprint density at radius 1 is 1.07 bits per heavy atom. The summed E-state index contributed by atoms with van der Waals surface area (Å²) in [4.78, 5) is 26.6. The number of para-hydroxylation sites is 2. The Hall–Kier alpha value is -2.91. The molecule has 2 aromatic carbocycles. The van der Waals surface area contributed by atoms with Crippen LogP contribution in [0.25, 0.3) is 0 Å². The SMILES string of the molecule is CCN(CC(=O)Nc1ccccc1OC)C(=O)c1cccc(S(=O)(=O)N(C)C)c1. The number of nitrogens with zero attached hydrogens (tertiary/aromatic N) is 2. The molecule has 0 aliphatic heterocycles. The van der Waals surface area contributed by atoms with Crippen molar-refractivity contribution >= 4 is 27.5 Å². The number of benzene rings is 2. The van der Waals surface area contributed by atoms with Crippen molar-refractivity contribution in [1.29, 1.82) is 0 Å². The number of amides is 2.